The maximum atomic E-state index is 13.4. The fraction of sp³-hybridized carbons (Fsp3) is 0.928. The summed E-state index contributed by atoms with van der Waals surface area (Å²) >= 11 is 0. The molecule has 0 bridgehead atoms. The van der Waals surface area contributed by atoms with E-state index in [-0.39, 0.29) is 18.9 Å². The molecule has 3 heterocycles. The number of aliphatic hydroxyl groups excluding tert-OH is 11. The van der Waals surface area contributed by atoms with E-state index in [1.807, 2.05) is 0 Å². The molecule has 3 aliphatic heterocycles. The van der Waals surface area contributed by atoms with Gasteiger partial charge in [0.15, 0.2) is 18.9 Å². The highest BCUT2D eigenvalue weighted by Gasteiger charge is 2.53. The van der Waals surface area contributed by atoms with E-state index in [2.05, 4.69) is 43.5 Å². The van der Waals surface area contributed by atoms with Crippen molar-refractivity contribution in [1.29, 1.82) is 0 Å². The van der Waals surface area contributed by atoms with E-state index < -0.39 is 124 Å². The van der Waals surface area contributed by atoms with Gasteiger partial charge in [-0.1, -0.05) is 250 Å². The molecule has 19 heteroatoms. The molecule has 3 rings (SSSR count). The van der Waals surface area contributed by atoms with E-state index in [0.29, 0.717) is 12.8 Å². The molecule has 3 aliphatic rings. The summed E-state index contributed by atoms with van der Waals surface area (Å²) in [7, 11) is 0. The Labute approximate surface area is 530 Å². The first-order chi connectivity index (χ1) is 42.8. The second-order valence-corrected chi connectivity index (χ2v) is 25.7. The summed E-state index contributed by atoms with van der Waals surface area (Å²) < 4.78 is 34.3. The third-order valence-corrected chi connectivity index (χ3v) is 18.0. The SMILES string of the molecule is CCCCCCC/C=C\C/C=C\CCCCCCCCCCCCCCCCCCCCCCCC(=O)NC(COC1OC(CO)C(OC2OC(CO)C(OC3OC(CO)C(O)C(O)C3O)C(O)C2O)C(O)C1O)C(O)CCCCCCCCCCCC. The van der Waals surface area contributed by atoms with Gasteiger partial charge < -0.3 is 89.9 Å². The van der Waals surface area contributed by atoms with Crippen LogP contribution in [0.2, 0.25) is 0 Å². The van der Waals surface area contributed by atoms with Crippen LogP contribution in [0.1, 0.15) is 277 Å². The smallest absolute Gasteiger partial charge is 0.220 e. The van der Waals surface area contributed by atoms with Crippen LogP contribution in [0.5, 0.6) is 0 Å². The number of hydrogen-bond acceptors (Lipinski definition) is 18. The van der Waals surface area contributed by atoms with Crippen molar-refractivity contribution in [2.75, 3.05) is 26.4 Å². The molecule has 12 N–H and O–H groups in total. The molecule has 17 unspecified atom stereocenters. The largest absolute Gasteiger partial charge is 0.394 e. The number of carbonyl (C=O) groups is 1. The first-order valence-corrected chi connectivity index (χ1v) is 35.6. The van der Waals surface area contributed by atoms with Crippen LogP contribution in [0.25, 0.3) is 0 Å². The van der Waals surface area contributed by atoms with E-state index in [4.69, 9.17) is 28.4 Å². The predicted octanol–water partition coefficient (Wildman–Crippen LogP) is 9.44. The van der Waals surface area contributed by atoms with Gasteiger partial charge in [-0.15, -0.1) is 0 Å². The Morgan fingerprint density at radius 3 is 1.16 bits per heavy atom. The van der Waals surface area contributed by atoms with E-state index >= 15 is 0 Å². The number of aliphatic hydroxyl groups is 11. The monoisotopic (exact) mass is 1260 g/mol. The number of amides is 1. The summed E-state index contributed by atoms with van der Waals surface area (Å²) in [6.07, 6.45) is 31.6. The average molecular weight is 1260 g/mol. The highest BCUT2D eigenvalue weighted by atomic mass is 16.8. The number of ether oxygens (including phenoxy) is 6. The van der Waals surface area contributed by atoms with Gasteiger partial charge in [-0.2, -0.15) is 0 Å². The zero-order valence-corrected chi connectivity index (χ0v) is 54.7. The molecule has 1 amide bonds. The minimum absolute atomic E-state index is 0.240. The summed E-state index contributed by atoms with van der Waals surface area (Å²) in [5.74, 6) is -0.240. The Morgan fingerprint density at radius 2 is 0.750 bits per heavy atom. The Kier molecular flexibility index (Phi) is 47.3. The highest BCUT2D eigenvalue weighted by Crippen LogP contribution is 2.33. The van der Waals surface area contributed by atoms with Gasteiger partial charge in [0, 0.05) is 6.42 Å². The maximum absolute atomic E-state index is 13.4. The normalized spacial score (nSPS) is 28.5. The lowest BCUT2D eigenvalue weighted by Gasteiger charge is -2.48. The van der Waals surface area contributed by atoms with Gasteiger partial charge in [-0.3, -0.25) is 4.79 Å². The Morgan fingerprint density at radius 1 is 0.409 bits per heavy atom. The van der Waals surface area contributed by atoms with Crippen LogP contribution >= 0.6 is 0 Å². The minimum Gasteiger partial charge on any atom is -0.394 e. The summed E-state index contributed by atoms with van der Waals surface area (Å²) in [4.78, 5) is 13.4. The van der Waals surface area contributed by atoms with Gasteiger partial charge in [0.05, 0.1) is 38.6 Å². The second kappa shape index (κ2) is 51.7. The number of unbranched alkanes of at least 4 members (excludes halogenated alkanes) is 35. The van der Waals surface area contributed by atoms with Crippen LogP contribution in [0, 0.1) is 0 Å². The second-order valence-electron chi connectivity index (χ2n) is 25.7. The maximum Gasteiger partial charge on any atom is 0.220 e. The number of allylic oxidation sites excluding steroid dienone is 4. The third-order valence-electron chi connectivity index (χ3n) is 18.0. The number of carbonyl (C=O) groups excluding carboxylic acids is 1. The predicted molar refractivity (Wildman–Crippen MR) is 342 cm³/mol. The molecule has 0 aromatic heterocycles. The third kappa shape index (κ3) is 33.4. The highest BCUT2D eigenvalue weighted by molar-refractivity contribution is 5.76. The van der Waals surface area contributed by atoms with E-state index in [0.717, 1.165) is 51.4 Å². The fourth-order valence-corrected chi connectivity index (χ4v) is 12.2. The first kappa shape index (κ1) is 80.5. The van der Waals surface area contributed by atoms with Crippen LogP contribution in [-0.4, -0.2) is 193 Å². The van der Waals surface area contributed by atoms with Gasteiger partial charge in [-0.25, -0.2) is 0 Å². The van der Waals surface area contributed by atoms with Crippen molar-refractivity contribution in [2.24, 2.45) is 0 Å². The number of rotatable bonds is 55. The summed E-state index contributed by atoms with van der Waals surface area (Å²) in [5, 5.41) is 120. The molecule has 0 aromatic rings. The van der Waals surface area contributed by atoms with Crippen LogP contribution in [0.15, 0.2) is 24.3 Å². The first-order valence-electron chi connectivity index (χ1n) is 35.6. The van der Waals surface area contributed by atoms with Gasteiger partial charge in [0.2, 0.25) is 5.91 Å². The van der Waals surface area contributed by atoms with E-state index in [9.17, 15) is 61.0 Å². The van der Waals surface area contributed by atoms with Crippen molar-refractivity contribution < 1.29 is 89.4 Å². The van der Waals surface area contributed by atoms with Crippen LogP contribution in [0.4, 0.5) is 0 Å². The molecular formula is C69H129NO18. The van der Waals surface area contributed by atoms with Crippen LogP contribution in [-0.2, 0) is 33.2 Å². The molecule has 19 nitrogen and oxygen atoms in total. The molecule has 17 atom stereocenters. The van der Waals surface area contributed by atoms with Gasteiger partial charge in [0.1, 0.15) is 73.2 Å². The van der Waals surface area contributed by atoms with Crippen molar-refractivity contribution in [3.8, 4) is 0 Å². The summed E-state index contributed by atoms with van der Waals surface area (Å²) in [6, 6.07) is -0.882. The van der Waals surface area contributed by atoms with Gasteiger partial charge >= 0.3 is 0 Å². The van der Waals surface area contributed by atoms with Crippen molar-refractivity contribution in [1.82, 2.24) is 5.32 Å². The Hall–Kier alpha value is -1.73. The van der Waals surface area contributed by atoms with Crippen molar-refractivity contribution in [2.45, 2.75) is 381 Å². The van der Waals surface area contributed by atoms with Crippen molar-refractivity contribution >= 4 is 5.91 Å². The molecule has 3 fully saturated rings. The molecule has 0 spiro atoms. The Bertz CT molecular complexity index is 1690. The van der Waals surface area contributed by atoms with E-state index in [1.165, 1.54) is 193 Å². The fourth-order valence-electron chi connectivity index (χ4n) is 12.2. The van der Waals surface area contributed by atoms with E-state index in [1.54, 1.807) is 0 Å². The zero-order valence-electron chi connectivity index (χ0n) is 54.7. The molecule has 3 saturated heterocycles. The molecule has 88 heavy (non-hydrogen) atoms. The van der Waals surface area contributed by atoms with Crippen molar-refractivity contribution in [3.05, 3.63) is 24.3 Å². The topological polar surface area (TPSA) is 307 Å². The Balaban J connectivity index is 1.31. The quantitative estimate of drug-likeness (QED) is 0.0199. The molecule has 0 saturated carbocycles. The molecule has 0 aliphatic carbocycles. The van der Waals surface area contributed by atoms with Crippen molar-refractivity contribution in [3.63, 3.8) is 0 Å². The lowest BCUT2D eigenvalue weighted by atomic mass is 9.96. The van der Waals surface area contributed by atoms with Gasteiger partial charge in [0.25, 0.3) is 0 Å². The molecule has 0 aromatic carbocycles. The molecule has 518 valence electrons. The van der Waals surface area contributed by atoms with Crippen LogP contribution < -0.4 is 5.32 Å². The molecular weight excluding hydrogens is 1130 g/mol. The van der Waals surface area contributed by atoms with Crippen LogP contribution in [0.3, 0.4) is 0 Å². The lowest BCUT2D eigenvalue weighted by Crippen LogP contribution is -2.66. The standard InChI is InChI=1S/C69H129NO18/c1-3-5-7-9-11-13-15-16-17-18-19-20-21-22-23-24-25-26-27-28-29-30-31-32-33-34-35-36-37-39-41-43-45-47-57(75)70-52(53(74)46-44-42-40-38-14-12-10-8-6-4-2)51-83-67-63(81)60(78)65(55(49-72)85-67)88-69-64(82)61(79)66(56(50-73)86-69)87-68-62(80)59(77)58(76)54(48-71)84-68/h15-16,18-19,52-56,58-69,71-74,76-82H,3-14,17,20-51H2,1-2H3,(H,70,75)/b16-15-,19-18-. The van der Waals surface area contributed by atoms with Gasteiger partial charge in [-0.05, 0) is 44.9 Å². The molecule has 0 radical (unpaired) electrons. The summed E-state index contributed by atoms with van der Waals surface area (Å²) in [5.41, 5.74) is 0. The number of hydrogen-bond donors (Lipinski definition) is 12. The minimum atomic E-state index is -1.97. The zero-order chi connectivity index (χ0) is 64.0. The number of nitrogens with one attached hydrogen (secondary N) is 1. The summed E-state index contributed by atoms with van der Waals surface area (Å²) in [6.45, 7) is 1.78. The lowest BCUT2D eigenvalue weighted by molar-refractivity contribution is -0.379. The average Bonchev–Trinajstić information content (AvgIpc) is 1.83.